The first kappa shape index (κ1) is 10.9. The maximum Gasteiger partial charge on any atom is 0.175 e. The predicted octanol–water partition coefficient (Wildman–Crippen LogP) is 3.62. The van der Waals surface area contributed by atoms with Gasteiger partial charge in [0.1, 0.15) is 17.0 Å². The number of aromatic nitrogens is 1. The van der Waals surface area contributed by atoms with Crippen LogP contribution in [-0.4, -0.2) is 5.16 Å². The number of ether oxygens (including phenoxy) is 1. The summed E-state index contributed by atoms with van der Waals surface area (Å²) in [5, 5.41) is 3.70. The number of benzene rings is 1. The summed E-state index contributed by atoms with van der Waals surface area (Å²) >= 11 is 5.46. The van der Waals surface area contributed by atoms with Crippen molar-refractivity contribution >= 4 is 38.5 Å². The molecule has 0 spiro atoms. The van der Waals surface area contributed by atoms with Gasteiger partial charge in [-0.3, -0.25) is 0 Å². The van der Waals surface area contributed by atoms with Crippen LogP contribution < -0.4 is 4.74 Å². The largest absolute Gasteiger partial charge is 0.486 e. The van der Waals surface area contributed by atoms with Gasteiger partial charge in [0.05, 0.1) is 0 Å². The van der Waals surface area contributed by atoms with Crippen molar-refractivity contribution in [1.82, 2.24) is 5.16 Å². The van der Waals surface area contributed by atoms with E-state index in [2.05, 4.69) is 43.7 Å². The van der Waals surface area contributed by atoms with Crippen molar-refractivity contribution < 1.29 is 9.26 Å². The van der Waals surface area contributed by atoms with Crippen molar-refractivity contribution in [3.05, 3.63) is 44.3 Å². The third-order valence-corrected chi connectivity index (χ3v) is 2.82. The van der Waals surface area contributed by atoms with Gasteiger partial charge in [0.25, 0.3) is 0 Å². The first-order chi connectivity index (χ1) is 7.24. The van der Waals surface area contributed by atoms with Gasteiger partial charge in [0.15, 0.2) is 5.76 Å². The molecule has 0 N–H and O–H groups in total. The molecule has 0 saturated carbocycles. The van der Waals surface area contributed by atoms with Crippen LogP contribution in [0.2, 0.25) is 0 Å². The summed E-state index contributed by atoms with van der Waals surface area (Å²) in [6.45, 7) is 0.388. The Labute approximate surface area is 109 Å². The van der Waals surface area contributed by atoms with Crippen LogP contribution in [0.15, 0.2) is 39.5 Å². The second kappa shape index (κ2) is 4.98. The molecule has 2 aromatic rings. The van der Waals surface area contributed by atoms with Gasteiger partial charge in [-0.15, -0.1) is 0 Å². The SMILES string of the molecule is Brc1cc(COc2ccc(I)cc2)on1. The van der Waals surface area contributed by atoms with Gasteiger partial charge in [-0.1, -0.05) is 5.16 Å². The fraction of sp³-hybridized carbons (Fsp3) is 0.100. The molecule has 0 radical (unpaired) electrons. The maximum absolute atomic E-state index is 5.50. The minimum atomic E-state index is 0.388. The molecule has 0 amide bonds. The maximum atomic E-state index is 5.50. The Hall–Kier alpha value is -0.560. The zero-order chi connectivity index (χ0) is 10.7. The van der Waals surface area contributed by atoms with E-state index in [9.17, 15) is 0 Å². The quantitative estimate of drug-likeness (QED) is 0.764. The molecule has 0 atom stereocenters. The zero-order valence-corrected chi connectivity index (χ0v) is 11.4. The van der Waals surface area contributed by atoms with Crippen LogP contribution in [0.3, 0.4) is 0 Å². The van der Waals surface area contributed by atoms with Crippen LogP contribution in [-0.2, 0) is 6.61 Å². The van der Waals surface area contributed by atoms with Crippen LogP contribution >= 0.6 is 38.5 Å². The van der Waals surface area contributed by atoms with Gasteiger partial charge < -0.3 is 9.26 Å². The number of halogens is 2. The van der Waals surface area contributed by atoms with E-state index in [0.717, 1.165) is 5.75 Å². The third-order valence-electron chi connectivity index (χ3n) is 1.72. The van der Waals surface area contributed by atoms with E-state index >= 15 is 0 Å². The van der Waals surface area contributed by atoms with E-state index in [1.165, 1.54) is 3.57 Å². The minimum Gasteiger partial charge on any atom is -0.486 e. The first-order valence-corrected chi connectivity index (χ1v) is 6.11. The molecule has 0 unspecified atom stereocenters. The van der Waals surface area contributed by atoms with Gasteiger partial charge in [-0.2, -0.15) is 0 Å². The molecule has 1 heterocycles. The van der Waals surface area contributed by atoms with Crippen molar-refractivity contribution in [2.45, 2.75) is 6.61 Å². The summed E-state index contributed by atoms with van der Waals surface area (Å²) < 4.78 is 12.4. The number of rotatable bonds is 3. The second-order valence-corrected chi connectivity index (χ2v) is 4.92. The summed E-state index contributed by atoms with van der Waals surface area (Å²) in [7, 11) is 0. The highest BCUT2D eigenvalue weighted by atomic mass is 127. The van der Waals surface area contributed by atoms with Gasteiger partial charge >= 0.3 is 0 Å². The van der Waals surface area contributed by atoms with E-state index in [4.69, 9.17) is 9.26 Å². The average molecular weight is 380 g/mol. The number of hydrogen-bond donors (Lipinski definition) is 0. The zero-order valence-electron chi connectivity index (χ0n) is 7.61. The molecular weight excluding hydrogens is 373 g/mol. The number of hydrogen-bond acceptors (Lipinski definition) is 3. The van der Waals surface area contributed by atoms with E-state index in [-0.39, 0.29) is 0 Å². The highest BCUT2D eigenvalue weighted by Crippen LogP contribution is 2.16. The van der Waals surface area contributed by atoms with Gasteiger partial charge in [0.2, 0.25) is 0 Å². The standard InChI is InChI=1S/C10H7BrINO2/c11-10-5-9(15-13-10)6-14-8-3-1-7(12)2-4-8/h1-5H,6H2. The summed E-state index contributed by atoms with van der Waals surface area (Å²) in [5.41, 5.74) is 0. The first-order valence-electron chi connectivity index (χ1n) is 4.23. The minimum absolute atomic E-state index is 0.388. The summed E-state index contributed by atoms with van der Waals surface area (Å²) in [4.78, 5) is 0. The normalized spacial score (nSPS) is 10.3. The Bertz CT molecular complexity index is 441. The molecular formula is C10H7BrINO2. The van der Waals surface area contributed by atoms with E-state index in [1.807, 2.05) is 24.3 Å². The Kier molecular flexibility index (Phi) is 3.63. The van der Waals surface area contributed by atoms with E-state index in [1.54, 1.807) is 6.07 Å². The van der Waals surface area contributed by atoms with Crippen LogP contribution in [0, 0.1) is 3.57 Å². The molecule has 0 fully saturated rings. The number of nitrogens with zero attached hydrogens (tertiary/aromatic N) is 1. The van der Waals surface area contributed by atoms with Crippen molar-refractivity contribution in [2.24, 2.45) is 0 Å². The highest BCUT2D eigenvalue weighted by Gasteiger charge is 2.02. The van der Waals surface area contributed by atoms with Crippen LogP contribution in [0.25, 0.3) is 0 Å². The van der Waals surface area contributed by atoms with Gasteiger partial charge in [-0.05, 0) is 62.8 Å². The van der Waals surface area contributed by atoms with Crippen molar-refractivity contribution in [3.8, 4) is 5.75 Å². The lowest BCUT2D eigenvalue weighted by molar-refractivity contribution is 0.249. The average Bonchev–Trinajstić information content (AvgIpc) is 2.64. The molecule has 0 saturated heterocycles. The Morgan fingerprint density at radius 1 is 1.33 bits per heavy atom. The van der Waals surface area contributed by atoms with Gasteiger partial charge in [0, 0.05) is 9.64 Å². The van der Waals surface area contributed by atoms with Crippen molar-refractivity contribution in [1.29, 1.82) is 0 Å². The summed E-state index contributed by atoms with van der Waals surface area (Å²) in [5.74, 6) is 1.52. The molecule has 0 bridgehead atoms. The van der Waals surface area contributed by atoms with Gasteiger partial charge in [-0.25, -0.2) is 0 Å². The van der Waals surface area contributed by atoms with Crippen LogP contribution in [0.1, 0.15) is 5.76 Å². The third kappa shape index (κ3) is 3.20. The molecule has 0 aliphatic carbocycles. The molecule has 3 nitrogen and oxygen atoms in total. The van der Waals surface area contributed by atoms with Crippen molar-refractivity contribution in [2.75, 3.05) is 0 Å². The second-order valence-electron chi connectivity index (χ2n) is 2.86. The van der Waals surface area contributed by atoms with Crippen LogP contribution in [0.5, 0.6) is 5.75 Å². The molecule has 0 aliphatic rings. The Morgan fingerprint density at radius 2 is 2.07 bits per heavy atom. The molecule has 15 heavy (non-hydrogen) atoms. The van der Waals surface area contributed by atoms with Crippen molar-refractivity contribution in [3.63, 3.8) is 0 Å². The predicted molar refractivity (Wildman–Crippen MR) is 67.7 cm³/mol. The van der Waals surface area contributed by atoms with E-state index < -0.39 is 0 Å². The topological polar surface area (TPSA) is 35.3 Å². The molecule has 1 aromatic carbocycles. The lowest BCUT2D eigenvalue weighted by Crippen LogP contribution is -1.93. The lowest BCUT2D eigenvalue weighted by atomic mass is 10.3. The summed E-state index contributed by atoms with van der Waals surface area (Å²) in [6.07, 6.45) is 0. The van der Waals surface area contributed by atoms with Crippen LogP contribution in [0.4, 0.5) is 0 Å². The fourth-order valence-corrected chi connectivity index (χ4v) is 1.73. The molecule has 0 aliphatic heterocycles. The molecule has 5 heteroatoms. The monoisotopic (exact) mass is 379 g/mol. The Balaban J connectivity index is 1.96. The smallest absolute Gasteiger partial charge is 0.175 e. The van der Waals surface area contributed by atoms with E-state index in [0.29, 0.717) is 17.0 Å². The fourth-order valence-electron chi connectivity index (χ4n) is 1.04. The highest BCUT2D eigenvalue weighted by molar-refractivity contribution is 14.1. The molecule has 1 aromatic heterocycles. The lowest BCUT2D eigenvalue weighted by Gasteiger charge is -2.02. The molecule has 78 valence electrons. The summed E-state index contributed by atoms with van der Waals surface area (Å²) in [6, 6.07) is 9.62. The molecule has 2 rings (SSSR count). The Morgan fingerprint density at radius 3 is 2.67 bits per heavy atom.